The van der Waals surface area contributed by atoms with Gasteiger partial charge in [-0.3, -0.25) is 0 Å². The molecule has 0 unspecified atom stereocenters. The molecule has 13 aromatic carbocycles. The van der Waals surface area contributed by atoms with Crippen LogP contribution in [0.1, 0.15) is 55.6 Å². The first-order valence-corrected chi connectivity index (χ1v) is 30.2. The number of hydrogen-bond donors (Lipinski definition) is 0. The van der Waals surface area contributed by atoms with Crippen molar-refractivity contribution >= 4 is 88.8 Å². The average molecular weight is 1120 g/mol. The van der Waals surface area contributed by atoms with Crippen LogP contribution < -0.4 is 9.80 Å². The number of nitrogens with zero attached hydrogens (tertiary/aromatic N) is 2. The minimum absolute atomic E-state index is 0.816. The number of para-hydroxylation sites is 4. The highest BCUT2D eigenvalue weighted by Crippen LogP contribution is 2.61. The molecule has 87 heavy (non-hydrogen) atoms. The summed E-state index contributed by atoms with van der Waals surface area (Å²) in [4.78, 5) is 4.94. The number of furan rings is 2. The lowest BCUT2D eigenvalue weighted by Crippen LogP contribution is -2.29. The molecule has 0 saturated carbocycles. The van der Waals surface area contributed by atoms with E-state index in [1.165, 1.54) is 72.1 Å². The van der Waals surface area contributed by atoms with E-state index in [2.05, 4.69) is 318 Å². The van der Waals surface area contributed by atoms with Crippen molar-refractivity contribution in [3.8, 4) is 33.4 Å². The Morgan fingerprint density at radius 3 is 1.17 bits per heavy atom. The summed E-state index contributed by atoms with van der Waals surface area (Å²) in [6, 6.07) is 98.2. The average Bonchev–Trinajstić information content (AvgIpc) is 1.56. The molecule has 0 amide bonds. The van der Waals surface area contributed by atoms with Crippen LogP contribution in [0.2, 0.25) is 0 Å². The highest BCUT2D eigenvalue weighted by molar-refractivity contribution is 6.17. The molecule has 1 aliphatic rings. The van der Waals surface area contributed by atoms with Gasteiger partial charge in [0.15, 0.2) is 11.2 Å². The Bertz CT molecular complexity index is 5140. The van der Waals surface area contributed by atoms with Gasteiger partial charge in [-0.2, -0.15) is 0 Å². The third-order valence-electron chi connectivity index (χ3n) is 19.0. The van der Waals surface area contributed by atoms with Crippen LogP contribution in [0.3, 0.4) is 0 Å². The van der Waals surface area contributed by atoms with Crippen molar-refractivity contribution in [2.75, 3.05) is 9.80 Å². The van der Waals surface area contributed by atoms with E-state index >= 15 is 0 Å². The summed E-state index contributed by atoms with van der Waals surface area (Å²) in [7, 11) is 0. The molecule has 416 valence electrons. The van der Waals surface area contributed by atoms with E-state index in [0.717, 1.165) is 106 Å². The number of rotatable bonds is 10. The Labute approximate surface area is 507 Å². The molecule has 1 aliphatic carbocycles. The fourth-order valence-electron chi connectivity index (χ4n) is 14.4. The quantitative estimate of drug-likeness (QED) is 0.137. The van der Waals surface area contributed by atoms with E-state index in [-0.39, 0.29) is 0 Å². The Kier molecular flexibility index (Phi) is 12.1. The Balaban J connectivity index is 0.995. The van der Waals surface area contributed by atoms with E-state index in [0.29, 0.717) is 0 Å². The fourth-order valence-corrected chi connectivity index (χ4v) is 14.4. The summed E-state index contributed by atoms with van der Waals surface area (Å²) < 4.78 is 14.7. The number of fused-ring (bicyclic) bond motifs is 11. The summed E-state index contributed by atoms with van der Waals surface area (Å²) in [6.07, 6.45) is 0. The molecule has 0 fully saturated rings. The van der Waals surface area contributed by atoms with Crippen molar-refractivity contribution in [2.24, 2.45) is 0 Å². The predicted molar refractivity (Wildman–Crippen MR) is 364 cm³/mol. The van der Waals surface area contributed by atoms with Gasteiger partial charge in [0.05, 0.1) is 22.5 Å². The molecule has 0 radical (unpaired) electrons. The van der Waals surface area contributed by atoms with Crippen LogP contribution in [0.4, 0.5) is 34.1 Å². The molecule has 0 atom stereocenters. The second kappa shape index (κ2) is 20.3. The Morgan fingerprint density at radius 1 is 0.276 bits per heavy atom. The number of aryl methyl sites for hydroxylation is 4. The van der Waals surface area contributed by atoms with Crippen LogP contribution in [0.15, 0.2) is 276 Å². The molecule has 4 heteroatoms. The van der Waals surface area contributed by atoms with Crippen molar-refractivity contribution in [3.05, 3.63) is 323 Å². The minimum Gasteiger partial charge on any atom is -0.453 e. The second-order valence-electron chi connectivity index (χ2n) is 23.8. The molecule has 0 saturated heterocycles. The molecule has 0 N–H and O–H groups in total. The van der Waals surface area contributed by atoms with E-state index in [1.807, 2.05) is 0 Å². The third kappa shape index (κ3) is 7.98. The van der Waals surface area contributed by atoms with Crippen LogP contribution in [0.5, 0.6) is 0 Å². The molecule has 2 aromatic heterocycles. The summed E-state index contributed by atoms with van der Waals surface area (Å²) >= 11 is 0. The van der Waals surface area contributed by atoms with E-state index < -0.39 is 5.41 Å². The van der Waals surface area contributed by atoms with Gasteiger partial charge in [-0.15, -0.1) is 0 Å². The molecule has 2 heterocycles. The molecule has 16 rings (SSSR count). The molecule has 0 bridgehead atoms. The normalized spacial score (nSPS) is 12.6. The number of hydrogen-bond acceptors (Lipinski definition) is 4. The van der Waals surface area contributed by atoms with Gasteiger partial charge in [0.2, 0.25) is 0 Å². The maximum absolute atomic E-state index is 7.36. The highest BCUT2D eigenvalue weighted by atomic mass is 16.3. The van der Waals surface area contributed by atoms with Crippen LogP contribution in [-0.4, -0.2) is 0 Å². The fraction of sp³-hybridized carbons (Fsp3) is 0.0843. The van der Waals surface area contributed by atoms with Gasteiger partial charge in [-0.25, -0.2) is 0 Å². The zero-order chi connectivity index (χ0) is 58.7. The first-order chi connectivity index (χ1) is 42.6. The second-order valence-corrected chi connectivity index (χ2v) is 23.8. The maximum Gasteiger partial charge on any atom is 0.159 e. The van der Waals surface area contributed by atoms with Crippen LogP contribution >= 0.6 is 0 Å². The first kappa shape index (κ1) is 51.9. The van der Waals surface area contributed by atoms with E-state index in [1.54, 1.807) is 0 Å². The van der Waals surface area contributed by atoms with Crippen LogP contribution in [-0.2, 0) is 5.41 Å². The van der Waals surface area contributed by atoms with Gasteiger partial charge in [-0.05, 0) is 179 Å². The largest absolute Gasteiger partial charge is 0.453 e. The smallest absolute Gasteiger partial charge is 0.159 e. The lowest BCUT2D eigenvalue weighted by atomic mass is 9.67. The van der Waals surface area contributed by atoms with Crippen molar-refractivity contribution in [1.29, 1.82) is 0 Å². The number of benzene rings is 13. The number of anilines is 6. The van der Waals surface area contributed by atoms with Gasteiger partial charge >= 0.3 is 0 Å². The molecular formula is C83H62N2O2. The molecule has 0 spiro atoms. The third-order valence-corrected chi connectivity index (χ3v) is 19.0. The molecule has 4 nitrogen and oxygen atoms in total. The van der Waals surface area contributed by atoms with Crippen LogP contribution in [0, 0.1) is 41.5 Å². The van der Waals surface area contributed by atoms with Crippen molar-refractivity contribution in [1.82, 2.24) is 0 Å². The lowest BCUT2D eigenvalue weighted by Gasteiger charge is -2.36. The summed E-state index contributed by atoms with van der Waals surface area (Å²) in [5.74, 6) is 0. The minimum atomic E-state index is -0.816. The van der Waals surface area contributed by atoms with Crippen molar-refractivity contribution in [2.45, 2.75) is 47.0 Å². The highest BCUT2D eigenvalue weighted by Gasteiger charge is 2.48. The van der Waals surface area contributed by atoms with Crippen molar-refractivity contribution < 1.29 is 8.83 Å². The van der Waals surface area contributed by atoms with Gasteiger partial charge in [0.25, 0.3) is 0 Å². The first-order valence-electron chi connectivity index (χ1n) is 30.2. The molecule has 0 aliphatic heterocycles. The van der Waals surface area contributed by atoms with Crippen molar-refractivity contribution in [3.63, 3.8) is 0 Å². The maximum atomic E-state index is 7.36. The van der Waals surface area contributed by atoms with E-state index in [9.17, 15) is 0 Å². The van der Waals surface area contributed by atoms with Crippen LogP contribution in [0.25, 0.3) is 88.0 Å². The van der Waals surface area contributed by atoms with Gasteiger partial charge in [0.1, 0.15) is 11.2 Å². The summed E-state index contributed by atoms with van der Waals surface area (Å²) in [6.45, 7) is 13.4. The summed E-state index contributed by atoms with van der Waals surface area (Å²) in [5, 5.41) is 6.61. The predicted octanol–water partition coefficient (Wildman–Crippen LogP) is 23.1. The molecular weight excluding hydrogens is 1060 g/mol. The standard InChI is InChI=1S/C83H62N2O2/c1-51-45-62(46-52(2)55(51)5)84(75-41-23-39-70-68-37-21-35-64(79(68)86-81(70)75)57-25-11-7-12-26-57)61-43-44-72-73(49-61)83(59-29-15-9-16-30-59,60-31-17-10-18-32-60)74-50-77(66-33-19-20-34-67(66)78(72)74)85(63-47-53(3)56(6)54(4)48-63)76-42-24-40-71-69-38-22-36-65(80(69)87-82(71)76)58-27-13-8-14-28-58/h7-50H,1-6H3. The molecule has 15 aromatic rings. The Hall–Kier alpha value is -10.7. The van der Waals surface area contributed by atoms with Gasteiger partial charge in [0, 0.05) is 55.1 Å². The Morgan fingerprint density at radius 2 is 0.678 bits per heavy atom. The van der Waals surface area contributed by atoms with Gasteiger partial charge < -0.3 is 18.6 Å². The topological polar surface area (TPSA) is 32.8 Å². The monoisotopic (exact) mass is 1120 g/mol. The van der Waals surface area contributed by atoms with Gasteiger partial charge in [-0.1, -0.05) is 212 Å². The SMILES string of the molecule is Cc1cc(N(c2ccc3c(c2)C(c2ccccc2)(c2ccccc2)c2cc(N(c4cc(C)c(C)c(C)c4)c4cccc5c4oc4c(-c6ccccc6)cccc45)c4ccccc4c2-3)c2cccc3c2oc2c(-c4ccccc4)cccc23)cc(C)c1C. The van der Waals surface area contributed by atoms with E-state index in [4.69, 9.17) is 8.83 Å². The lowest BCUT2D eigenvalue weighted by molar-refractivity contribution is 0.670. The zero-order valence-corrected chi connectivity index (χ0v) is 49.6. The zero-order valence-electron chi connectivity index (χ0n) is 49.6. The summed E-state index contributed by atoms with van der Waals surface area (Å²) in [5.41, 5.74) is 27.8.